The second kappa shape index (κ2) is 9.35. The summed E-state index contributed by atoms with van der Waals surface area (Å²) in [5, 5.41) is 10.8. The molecule has 7 nitrogen and oxygen atoms in total. The van der Waals surface area contributed by atoms with Gasteiger partial charge in [-0.25, -0.2) is 0 Å². The van der Waals surface area contributed by atoms with Crippen LogP contribution in [0.3, 0.4) is 0 Å². The van der Waals surface area contributed by atoms with E-state index in [1.807, 2.05) is 24.3 Å². The molecule has 0 radical (unpaired) electrons. The number of amides is 2. The fourth-order valence-electron chi connectivity index (χ4n) is 2.28. The number of thiocarbonyl (C=S) groups is 1. The average Bonchev–Trinajstić information content (AvgIpc) is 2.87. The van der Waals surface area contributed by atoms with Gasteiger partial charge in [-0.2, -0.15) is 0 Å². The van der Waals surface area contributed by atoms with Gasteiger partial charge < -0.3 is 15.2 Å². The maximum atomic E-state index is 12.5. The SMILES string of the molecule is COc1ccccc1/C=C1\SC(=S)N(CCCC(=O)NCC(=O)O)C1=O. The van der Waals surface area contributed by atoms with E-state index in [-0.39, 0.29) is 18.2 Å². The third kappa shape index (κ3) is 5.30. The van der Waals surface area contributed by atoms with Gasteiger partial charge in [0.2, 0.25) is 5.91 Å². The molecule has 9 heteroatoms. The molecule has 138 valence electrons. The van der Waals surface area contributed by atoms with E-state index >= 15 is 0 Å². The van der Waals surface area contributed by atoms with Crippen LogP contribution in [0.15, 0.2) is 29.2 Å². The molecule has 0 aromatic heterocycles. The predicted octanol–water partition coefficient (Wildman–Crippen LogP) is 1.88. The van der Waals surface area contributed by atoms with E-state index in [4.69, 9.17) is 22.1 Å². The molecule has 1 aliphatic rings. The van der Waals surface area contributed by atoms with Crippen LogP contribution in [0, 0.1) is 0 Å². The molecule has 2 rings (SSSR count). The highest BCUT2D eigenvalue weighted by molar-refractivity contribution is 8.26. The van der Waals surface area contributed by atoms with E-state index in [9.17, 15) is 14.4 Å². The van der Waals surface area contributed by atoms with Crippen molar-refractivity contribution >= 4 is 52.2 Å². The molecule has 1 aliphatic heterocycles. The molecule has 2 N–H and O–H groups in total. The number of aliphatic carboxylic acids is 1. The molecule has 0 saturated carbocycles. The summed E-state index contributed by atoms with van der Waals surface area (Å²) in [7, 11) is 1.56. The standard InChI is InChI=1S/C17H18N2O5S2/c1-24-12-6-3-2-5-11(12)9-13-16(23)19(17(25)26-13)8-4-7-14(20)18-10-15(21)22/h2-3,5-6,9H,4,7-8,10H2,1H3,(H,18,20)(H,21,22)/b13-9-. The van der Waals surface area contributed by atoms with Crippen molar-refractivity contribution in [3.63, 3.8) is 0 Å². The van der Waals surface area contributed by atoms with Crippen molar-refractivity contribution in [3.8, 4) is 5.75 Å². The Labute approximate surface area is 160 Å². The monoisotopic (exact) mass is 394 g/mol. The van der Waals surface area contributed by atoms with Gasteiger partial charge in [-0.1, -0.05) is 42.2 Å². The minimum Gasteiger partial charge on any atom is -0.496 e. The molecule has 0 aliphatic carbocycles. The number of hydrogen-bond acceptors (Lipinski definition) is 6. The van der Waals surface area contributed by atoms with E-state index < -0.39 is 12.5 Å². The molecule has 0 bridgehead atoms. The van der Waals surface area contributed by atoms with Crippen LogP contribution in [0.1, 0.15) is 18.4 Å². The second-order valence-corrected chi connectivity index (χ2v) is 7.03. The van der Waals surface area contributed by atoms with E-state index in [1.165, 1.54) is 16.7 Å². The number of rotatable bonds is 8. The highest BCUT2D eigenvalue weighted by atomic mass is 32.2. The first-order valence-electron chi connectivity index (χ1n) is 7.79. The number of carbonyl (C=O) groups excluding carboxylic acids is 2. The quantitative estimate of drug-likeness (QED) is 0.513. The Balaban J connectivity index is 1.95. The molecule has 26 heavy (non-hydrogen) atoms. The van der Waals surface area contributed by atoms with Gasteiger partial charge in [0.05, 0.1) is 12.0 Å². The molecule has 1 fully saturated rings. The number of hydrogen-bond donors (Lipinski definition) is 2. The first kappa shape index (κ1) is 19.9. The van der Waals surface area contributed by atoms with E-state index in [2.05, 4.69) is 5.32 Å². The smallest absolute Gasteiger partial charge is 0.322 e. The number of thioether (sulfide) groups is 1. The minimum atomic E-state index is -1.10. The Morgan fingerprint density at radius 3 is 2.81 bits per heavy atom. The van der Waals surface area contributed by atoms with Gasteiger partial charge in [0.1, 0.15) is 16.6 Å². The Morgan fingerprint density at radius 1 is 1.38 bits per heavy atom. The summed E-state index contributed by atoms with van der Waals surface area (Å²) in [6.45, 7) is -0.115. The minimum absolute atomic E-state index is 0.121. The number of carboxylic acid groups (broad SMARTS) is 1. The number of methoxy groups -OCH3 is 1. The molecule has 0 spiro atoms. The topological polar surface area (TPSA) is 95.9 Å². The van der Waals surface area contributed by atoms with Crippen LogP contribution in [-0.2, 0) is 14.4 Å². The van der Waals surface area contributed by atoms with Gasteiger partial charge in [0.15, 0.2) is 0 Å². The van der Waals surface area contributed by atoms with Crippen LogP contribution < -0.4 is 10.1 Å². The van der Waals surface area contributed by atoms with E-state index in [0.29, 0.717) is 27.9 Å². The fraction of sp³-hybridized carbons (Fsp3) is 0.294. The number of nitrogens with one attached hydrogen (secondary N) is 1. The van der Waals surface area contributed by atoms with E-state index in [0.717, 1.165) is 5.56 Å². The van der Waals surface area contributed by atoms with Crippen molar-refractivity contribution in [2.45, 2.75) is 12.8 Å². The Hall–Kier alpha value is -2.39. The maximum absolute atomic E-state index is 12.5. The molecule has 0 unspecified atom stereocenters. The van der Waals surface area contributed by atoms with Crippen molar-refractivity contribution in [2.75, 3.05) is 20.2 Å². The first-order chi connectivity index (χ1) is 12.4. The molecule has 1 heterocycles. The number of benzene rings is 1. The van der Waals surface area contributed by atoms with Crippen LogP contribution in [0.5, 0.6) is 5.75 Å². The van der Waals surface area contributed by atoms with Gasteiger partial charge in [-0.15, -0.1) is 0 Å². The summed E-state index contributed by atoms with van der Waals surface area (Å²) in [5.41, 5.74) is 0.781. The van der Waals surface area contributed by atoms with Crippen LogP contribution in [0.2, 0.25) is 0 Å². The molecule has 1 aromatic rings. The largest absolute Gasteiger partial charge is 0.496 e. The number of ether oxygens (including phenoxy) is 1. The van der Waals surface area contributed by atoms with Gasteiger partial charge in [-0.05, 0) is 18.6 Å². The summed E-state index contributed by atoms with van der Waals surface area (Å²) in [4.78, 5) is 36.4. The van der Waals surface area contributed by atoms with Crippen LogP contribution in [0.25, 0.3) is 6.08 Å². The first-order valence-corrected chi connectivity index (χ1v) is 9.01. The lowest BCUT2D eigenvalue weighted by Gasteiger charge is -2.13. The summed E-state index contributed by atoms with van der Waals surface area (Å²) in [6.07, 6.45) is 2.24. The van der Waals surface area contributed by atoms with E-state index in [1.54, 1.807) is 13.2 Å². The lowest BCUT2D eigenvalue weighted by atomic mass is 10.2. The average molecular weight is 394 g/mol. The highest BCUT2D eigenvalue weighted by Gasteiger charge is 2.31. The van der Waals surface area contributed by atoms with Gasteiger partial charge in [0, 0.05) is 18.5 Å². The lowest BCUT2D eigenvalue weighted by molar-refractivity contribution is -0.137. The molecular formula is C17H18N2O5S2. The highest BCUT2D eigenvalue weighted by Crippen LogP contribution is 2.34. The van der Waals surface area contributed by atoms with Gasteiger partial charge >= 0.3 is 5.97 Å². The Bertz CT molecular complexity index is 763. The van der Waals surface area contributed by atoms with Crippen LogP contribution in [0.4, 0.5) is 0 Å². The maximum Gasteiger partial charge on any atom is 0.322 e. The normalized spacial score (nSPS) is 15.4. The molecule has 1 saturated heterocycles. The van der Waals surface area contributed by atoms with Crippen molar-refractivity contribution in [3.05, 3.63) is 34.7 Å². The Kier molecular flexibility index (Phi) is 7.16. The van der Waals surface area contributed by atoms with Crippen molar-refractivity contribution < 1.29 is 24.2 Å². The number of nitrogens with zero attached hydrogens (tertiary/aromatic N) is 1. The van der Waals surface area contributed by atoms with Crippen molar-refractivity contribution in [1.82, 2.24) is 10.2 Å². The number of carboxylic acids is 1. The molecular weight excluding hydrogens is 376 g/mol. The van der Waals surface area contributed by atoms with Gasteiger partial charge in [-0.3, -0.25) is 19.3 Å². The zero-order chi connectivity index (χ0) is 19.1. The number of carbonyl (C=O) groups is 3. The summed E-state index contributed by atoms with van der Waals surface area (Å²) in [5.74, 6) is -1.02. The van der Waals surface area contributed by atoms with Crippen LogP contribution in [-0.4, -0.2) is 52.3 Å². The van der Waals surface area contributed by atoms with Crippen molar-refractivity contribution in [2.24, 2.45) is 0 Å². The third-order valence-corrected chi connectivity index (χ3v) is 4.90. The molecule has 2 amide bonds. The number of para-hydroxylation sites is 1. The Morgan fingerprint density at radius 2 is 2.12 bits per heavy atom. The van der Waals surface area contributed by atoms with Crippen molar-refractivity contribution in [1.29, 1.82) is 0 Å². The zero-order valence-corrected chi connectivity index (χ0v) is 15.7. The molecule has 0 atom stereocenters. The van der Waals surface area contributed by atoms with Crippen LogP contribution >= 0.6 is 24.0 Å². The third-order valence-electron chi connectivity index (χ3n) is 3.52. The summed E-state index contributed by atoms with van der Waals surface area (Å²) < 4.78 is 5.71. The summed E-state index contributed by atoms with van der Waals surface area (Å²) >= 11 is 6.46. The lowest BCUT2D eigenvalue weighted by Crippen LogP contribution is -2.32. The summed E-state index contributed by atoms with van der Waals surface area (Å²) in [6, 6.07) is 7.35. The molecule has 1 aromatic carbocycles. The second-order valence-electron chi connectivity index (χ2n) is 5.35. The fourth-order valence-corrected chi connectivity index (χ4v) is 3.58. The predicted molar refractivity (Wildman–Crippen MR) is 103 cm³/mol. The van der Waals surface area contributed by atoms with Gasteiger partial charge in [0.25, 0.3) is 5.91 Å². The zero-order valence-electron chi connectivity index (χ0n) is 14.1.